The SMILES string of the molecule is OC1CC(COc2cncc(Br)c2)C1. The molecule has 2 rings (SSSR count). The van der Waals surface area contributed by atoms with E-state index in [2.05, 4.69) is 20.9 Å². The number of rotatable bonds is 3. The molecule has 1 N–H and O–H groups in total. The van der Waals surface area contributed by atoms with Gasteiger partial charge in [0.1, 0.15) is 5.75 Å². The first-order valence-corrected chi connectivity index (χ1v) is 5.45. The van der Waals surface area contributed by atoms with Crippen LogP contribution < -0.4 is 4.74 Å². The van der Waals surface area contributed by atoms with Gasteiger partial charge in [-0.1, -0.05) is 0 Å². The van der Waals surface area contributed by atoms with E-state index >= 15 is 0 Å². The molecule has 14 heavy (non-hydrogen) atoms. The van der Waals surface area contributed by atoms with Crippen molar-refractivity contribution < 1.29 is 9.84 Å². The van der Waals surface area contributed by atoms with Crippen LogP contribution in [0.4, 0.5) is 0 Å². The molecule has 3 nitrogen and oxygen atoms in total. The zero-order valence-corrected chi connectivity index (χ0v) is 9.27. The average Bonchev–Trinajstić information content (AvgIpc) is 2.11. The molecule has 0 amide bonds. The van der Waals surface area contributed by atoms with Crippen molar-refractivity contribution in [3.63, 3.8) is 0 Å². The van der Waals surface area contributed by atoms with Gasteiger partial charge in [0.2, 0.25) is 0 Å². The molecule has 4 heteroatoms. The van der Waals surface area contributed by atoms with Gasteiger partial charge in [0, 0.05) is 10.7 Å². The molecule has 76 valence electrons. The van der Waals surface area contributed by atoms with Crippen LogP contribution in [0.25, 0.3) is 0 Å². The Morgan fingerprint density at radius 2 is 2.29 bits per heavy atom. The van der Waals surface area contributed by atoms with E-state index in [-0.39, 0.29) is 6.10 Å². The van der Waals surface area contributed by atoms with Crippen molar-refractivity contribution in [1.29, 1.82) is 0 Å². The number of aliphatic hydroxyl groups is 1. The summed E-state index contributed by atoms with van der Waals surface area (Å²) in [5, 5.41) is 9.08. The second-order valence-electron chi connectivity index (χ2n) is 3.64. The lowest BCUT2D eigenvalue weighted by Gasteiger charge is -2.30. The van der Waals surface area contributed by atoms with Gasteiger partial charge in [-0.15, -0.1) is 0 Å². The van der Waals surface area contributed by atoms with Gasteiger partial charge in [-0.25, -0.2) is 0 Å². The van der Waals surface area contributed by atoms with Crippen molar-refractivity contribution in [2.45, 2.75) is 18.9 Å². The van der Waals surface area contributed by atoms with Crippen LogP contribution in [-0.2, 0) is 0 Å². The highest BCUT2D eigenvalue weighted by Crippen LogP contribution is 2.28. The van der Waals surface area contributed by atoms with Crippen molar-refractivity contribution >= 4 is 15.9 Å². The van der Waals surface area contributed by atoms with E-state index in [1.807, 2.05) is 6.07 Å². The molecule has 1 fully saturated rings. The molecule has 1 saturated carbocycles. The summed E-state index contributed by atoms with van der Waals surface area (Å²) in [4.78, 5) is 4.00. The highest BCUT2D eigenvalue weighted by atomic mass is 79.9. The van der Waals surface area contributed by atoms with Gasteiger partial charge in [-0.3, -0.25) is 4.98 Å². The molecule has 0 bridgehead atoms. The summed E-state index contributed by atoms with van der Waals surface area (Å²) >= 11 is 3.33. The van der Waals surface area contributed by atoms with Crippen LogP contribution in [0.15, 0.2) is 22.9 Å². The summed E-state index contributed by atoms with van der Waals surface area (Å²) in [6.45, 7) is 0.676. The number of pyridine rings is 1. The predicted molar refractivity (Wildman–Crippen MR) is 56.2 cm³/mol. The first kappa shape index (κ1) is 9.93. The Morgan fingerprint density at radius 1 is 1.50 bits per heavy atom. The Kier molecular flexibility index (Phi) is 3.03. The number of aromatic nitrogens is 1. The van der Waals surface area contributed by atoms with Crippen LogP contribution in [0.5, 0.6) is 5.75 Å². The zero-order valence-electron chi connectivity index (χ0n) is 7.69. The molecular formula is C10H12BrNO2. The maximum Gasteiger partial charge on any atom is 0.138 e. The molecule has 1 aliphatic carbocycles. The van der Waals surface area contributed by atoms with Crippen molar-refractivity contribution in [1.82, 2.24) is 4.98 Å². The van der Waals surface area contributed by atoms with Gasteiger partial charge in [0.05, 0.1) is 18.9 Å². The normalized spacial score (nSPS) is 25.6. The van der Waals surface area contributed by atoms with Crippen LogP contribution in [-0.4, -0.2) is 22.8 Å². The van der Waals surface area contributed by atoms with Gasteiger partial charge in [-0.05, 0) is 40.8 Å². The number of halogens is 1. The summed E-state index contributed by atoms with van der Waals surface area (Å²) in [5.74, 6) is 1.28. The number of nitrogens with zero attached hydrogens (tertiary/aromatic N) is 1. The fraction of sp³-hybridized carbons (Fsp3) is 0.500. The minimum absolute atomic E-state index is 0.107. The van der Waals surface area contributed by atoms with Crippen molar-refractivity contribution in [2.75, 3.05) is 6.61 Å². The third kappa shape index (κ3) is 2.45. The van der Waals surface area contributed by atoms with Gasteiger partial charge >= 0.3 is 0 Å². The summed E-state index contributed by atoms with van der Waals surface area (Å²) in [5.41, 5.74) is 0. The third-order valence-electron chi connectivity index (χ3n) is 2.38. The van der Waals surface area contributed by atoms with Crippen LogP contribution in [0.1, 0.15) is 12.8 Å². The monoisotopic (exact) mass is 257 g/mol. The highest BCUT2D eigenvalue weighted by molar-refractivity contribution is 9.10. The van der Waals surface area contributed by atoms with E-state index in [9.17, 15) is 0 Å². The fourth-order valence-electron chi connectivity index (χ4n) is 1.52. The topological polar surface area (TPSA) is 42.4 Å². The largest absolute Gasteiger partial charge is 0.492 e. The van der Waals surface area contributed by atoms with Crippen molar-refractivity contribution in [3.8, 4) is 5.75 Å². The van der Waals surface area contributed by atoms with Crippen molar-refractivity contribution in [3.05, 3.63) is 22.9 Å². The molecule has 0 radical (unpaired) electrons. The first-order chi connectivity index (χ1) is 6.74. The van der Waals surface area contributed by atoms with Gasteiger partial charge in [-0.2, -0.15) is 0 Å². The molecule has 1 aromatic heterocycles. The number of ether oxygens (including phenoxy) is 1. The van der Waals surface area contributed by atoms with Crippen LogP contribution >= 0.6 is 15.9 Å². The minimum atomic E-state index is -0.107. The second-order valence-corrected chi connectivity index (χ2v) is 4.56. The molecule has 0 spiro atoms. The Balaban J connectivity index is 1.80. The van der Waals surface area contributed by atoms with E-state index in [4.69, 9.17) is 9.84 Å². The lowest BCUT2D eigenvalue weighted by atomic mass is 9.83. The molecular weight excluding hydrogens is 246 g/mol. The minimum Gasteiger partial charge on any atom is -0.492 e. The first-order valence-electron chi connectivity index (χ1n) is 4.65. The lowest BCUT2D eigenvalue weighted by molar-refractivity contribution is 0.0202. The number of hydrogen-bond donors (Lipinski definition) is 1. The second kappa shape index (κ2) is 4.28. The van der Waals surface area contributed by atoms with Crippen LogP contribution in [0.2, 0.25) is 0 Å². The molecule has 1 heterocycles. The Bertz CT molecular complexity index is 313. The van der Waals surface area contributed by atoms with E-state index in [1.165, 1.54) is 0 Å². The molecule has 0 aliphatic heterocycles. The quantitative estimate of drug-likeness (QED) is 0.901. The molecule has 0 atom stereocenters. The summed E-state index contributed by atoms with van der Waals surface area (Å²) in [6, 6.07) is 1.89. The predicted octanol–water partition coefficient (Wildman–Crippen LogP) is 1.99. The fourth-order valence-corrected chi connectivity index (χ4v) is 1.87. The molecule has 0 saturated heterocycles. The van der Waals surface area contributed by atoms with E-state index in [0.29, 0.717) is 12.5 Å². The molecule has 1 aliphatic rings. The van der Waals surface area contributed by atoms with Gasteiger partial charge in [0.15, 0.2) is 0 Å². The third-order valence-corrected chi connectivity index (χ3v) is 2.81. The Hall–Kier alpha value is -0.610. The summed E-state index contributed by atoms with van der Waals surface area (Å²) < 4.78 is 6.46. The van der Waals surface area contributed by atoms with Crippen LogP contribution in [0, 0.1) is 5.92 Å². The van der Waals surface area contributed by atoms with E-state index in [1.54, 1.807) is 12.4 Å². The molecule has 1 aromatic rings. The van der Waals surface area contributed by atoms with Crippen molar-refractivity contribution in [2.24, 2.45) is 5.92 Å². The maximum atomic E-state index is 9.08. The summed E-state index contributed by atoms with van der Waals surface area (Å²) in [6.07, 6.45) is 5.03. The van der Waals surface area contributed by atoms with Gasteiger partial charge < -0.3 is 9.84 Å². The lowest BCUT2D eigenvalue weighted by Crippen LogP contribution is -2.32. The molecule has 0 unspecified atom stereocenters. The number of hydrogen-bond acceptors (Lipinski definition) is 3. The summed E-state index contributed by atoms with van der Waals surface area (Å²) in [7, 11) is 0. The highest BCUT2D eigenvalue weighted by Gasteiger charge is 2.27. The molecule has 0 aromatic carbocycles. The van der Waals surface area contributed by atoms with E-state index < -0.39 is 0 Å². The van der Waals surface area contributed by atoms with E-state index in [0.717, 1.165) is 23.1 Å². The zero-order chi connectivity index (χ0) is 9.97. The average molecular weight is 258 g/mol. The Morgan fingerprint density at radius 3 is 2.93 bits per heavy atom. The standard InChI is InChI=1S/C10H12BrNO2/c11-8-3-10(5-12-4-8)14-6-7-1-9(13)2-7/h3-5,7,9,13H,1-2,6H2. The Labute approximate surface area is 91.2 Å². The van der Waals surface area contributed by atoms with Crippen LogP contribution in [0.3, 0.4) is 0 Å². The van der Waals surface area contributed by atoms with Gasteiger partial charge in [0.25, 0.3) is 0 Å². The smallest absolute Gasteiger partial charge is 0.138 e. The maximum absolute atomic E-state index is 9.08. The number of aliphatic hydroxyl groups excluding tert-OH is 1.